The number of hydrogen-bond donors (Lipinski definition) is 0. The summed E-state index contributed by atoms with van der Waals surface area (Å²) in [7, 11) is 0. The predicted octanol–water partition coefficient (Wildman–Crippen LogP) is 8.31. The van der Waals surface area contributed by atoms with Crippen molar-refractivity contribution in [1.82, 2.24) is 0 Å². The molecule has 2 aliphatic rings. The molecule has 2 heterocycles. The zero-order valence-electron chi connectivity index (χ0n) is 35.5. The van der Waals surface area contributed by atoms with Crippen LogP contribution in [0.1, 0.15) is 57.4 Å². The van der Waals surface area contributed by atoms with Crippen LogP contribution in [-0.2, 0) is 37.9 Å². The van der Waals surface area contributed by atoms with Crippen molar-refractivity contribution in [3.8, 4) is 0 Å². The maximum Gasteiger partial charge on any atom is 0.338 e. The lowest BCUT2D eigenvalue weighted by atomic mass is 10.1. The number of carbonyl (C=O) groups excluding carboxylic acids is 5. The summed E-state index contributed by atoms with van der Waals surface area (Å²) in [6, 6.07) is 49.0. The molecule has 0 amide bonds. The average molecular weight is 909 g/mol. The largest absolute Gasteiger partial charge is 0.459 e. The van der Waals surface area contributed by atoms with E-state index < -0.39 is 91.4 Å². The van der Waals surface area contributed by atoms with E-state index in [0.717, 1.165) is 10.5 Å². The van der Waals surface area contributed by atoms with Crippen molar-refractivity contribution in [3.63, 3.8) is 0 Å². The summed E-state index contributed by atoms with van der Waals surface area (Å²) < 4.78 is 49.6. The summed E-state index contributed by atoms with van der Waals surface area (Å²) in [5.74, 6) is -3.61. The molecule has 2 aliphatic heterocycles. The highest BCUT2D eigenvalue weighted by molar-refractivity contribution is 7.99. The summed E-state index contributed by atoms with van der Waals surface area (Å²) in [5.41, 5.74) is 1.26. The topological polar surface area (TPSA) is 159 Å². The van der Waals surface area contributed by atoms with Crippen molar-refractivity contribution in [2.45, 2.75) is 60.2 Å². The number of rotatable bonds is 16. The maximum atomic E-state index is 13.8. The first kappa shape index (κ1) is 45.5. The van der Waals surface area contributed by atoms with Crippen molar-refractivity contribution >= 4 is 41.6 Å². The summed E-state index contributed by atoms with van der Waals surface area (Å²) in [5, 5.41) is 0. The summed E-state index contributed by atoms with van der Waals surface area (Å²) >= 11 is 1.26. The van der Waals surface area contributed by atoms with Crippen molar-refractivity contribution in [3.05, 3.63) is 209 Å². The highest BCUT2D eigenvalue weighted by atomic mass is 32.2. The van der Waals surface area contributed by atoms with Crippen molar-refractivity contribution < 1.29 is 61.9 Å². The second kappa shape index (κ2) is 21.7. The van der Waals surface area contributed by atoms with Gasteiger partial charge in [0.1, 0.15) is 24.3 Å². The molecule has 336 valence electrons. The molecule has 2 fully saturated rings. The first-order valence-corrected chi connectivity index (χ1v) is 22.0. The number of ether oxygens (including phenoxy) is 8. The molecular formula is C52H44O13S. The third-order valence-electron chi connectivity index (χ3n) is 10.6. The van der Waals surface area contributed by atoms with Crippen molar-refractivity contribution in [2.75, 3.05) is 13.2 Å². The van der Waals surface area contributed by atoms with E-state index in [1.165, 1.54) is 11.8 Å². The Hall–Kier alpha value is -7.10. The summed E-state index contributed by atoms with van der Waals surface area (Å²) in [6.07, 6.45) is -9.06. The zero-order valence-corrected chi connectivity index (χ0v) is 36.3. The quantitative estimate of drug-likeness (QED) is 0.0674. The molecule has 0 bridgehead atoms. The number of thioether (sulfide) groups is 1. The smallest absolute Gasteiger partial charge is 0.338 e. The van der Waals surface area contributed by atoms with Crippen LogP contribution in [-0.4, -0.2) is 91.4 Å². The van der Waals surface area contributed by atoms with Gasteiger partial charge in [0, 0.05) is 4.90 Å². The third-order valence-corrected chi connectivity index (χ3v) is 11.8. The average Bonchev–Trinajstić information content (AvgIpc) is 3.85. The fourth-order valence-electron chi connectivity index (χ4n) is 7.24. The van der Waals surface area contributed by atoms with Crippen LogP contribution in [0.15, 0.2) is 181 Å². The number of carbonyl (C=O) groups is 5. The molecule has 0 spiro atoms. The number of benzene rings is 6. The van der Waals surface area contributed by atoms with Crippen molar-refractivity contribution in [2.24, 2.45) is 0 Å². The van der Waals surface area contributed by atoms with E-state index >= 15 is 0 Å². The van der Waals surface area contributed by atoms with Gasteiger partial charge in [-0.1, -0.05) is 120 Å². The Labute approximate surface area is 384 Å². The molecule has 8 rings (SSSR count). The van der Waals surface area contributed by atoms with Gasteiger partial charge in [0.2, 0.25) is 0 Å². The van der Waals surface area contributed by atoms with Gasteiger partial charge in [-0.25, -0.2) is 24.0 Å². The molecule has 13 nitrogen and oxygen atoms in total. The van der Waals surface area contributed by atoms with E-state index in [0.29, 0.717) is 0 Å². The highest BCUT2D eigenvalue weighted by Crippen LogP contribution is 2.39. The van der Waals surface area contributed by atoms with Crippen LogP contribution in [0.2, 0.25) is 0 Å². The molecule has 6 aromatic carbocycles. The Kier molecular flexibility index (Phi) is 15.0. The second-order valence-corrected chi connectivity index (χ2v) is 16.4. The molecule has 2 saturated heterocycles. The van der Waals surface area contributed by atoms with E-state index in [1.54, 1.807) is 152 Å². The Morgan fingerprint density at radius 3 is 1.23 bits per heavy atom. The fraction of sp³-hybridized carbons (Fsp3) is 0.212. The van der Waals surface area contributed by atoms with Crippen LogP contribution in [0.4, 0.5) is 0 Å². The van der Waals surface area contributed by atoms with Crippen LogP contribution in [0.3, 0.4) is 0 Å². The first-order chi connectivity index (χ1) is 32.2. The van der Waals surface area contributed by atoms with Gasteiger partial charge in [-0.15, -0.1) is 0 Å². The van der Waals surface area contributed by atoms with Gasteiger partial charge in [-0.05, 0) is 79.7 Å². The lowest BCUT2D eigenvalue weighted by Crippen LogP contribution is -2.44. The Morgan fingerprint density at radius 1 is 0.424 bits per heavy atom. The molecule has 0 aromatic heterocycles. The summed E-state index contributed by atoms with van der Waals surface area (Å²) in [6.45, 7) is 1.12. The standard InChI is InChI=1S/C52H44O13S/c1-33-27-29-39(30-28-33)66-52-45(65-50(57)38-25-15-6-16-26-38)43(63-48(55)36-21-11-4-12-22-36)41(61-52)32-59-51-44(64-49(56)37-23-13-5-14-24-37)42(62-47(54)35-19-9-3-10-20-35)40(60-51)31-58-46(53)34-17-7-2-8-18-34/h2-30,40-45,51-52H,31-32H2,1H3/t40-,41-,42-,43-,44+,45+,51+,52-/m1/s1. The molecule has 66 heavy (non-hydrogen) atoms. The van der Waals surface area contributed by atoms with Gasteiger partial charge >= 0.3 is 29.8 Å². The molecule has 0 radical (unpaired) electrons. The van der Waals surface area contributed by atoms with E-state index in [9.17, 15) is 24.0 Å². The van der Waals surface area contributed by atoms with Crippen LogP contribution >= 0.6 is 11.8 Å². The number of aryl methyl sites for hydroxylation is 1. The molecule has 14 heteroatoms. The van der Waals surface area contributed by atoms with Crippen LogP contribution in [0.25, 0.3) is 0 Å². The SMILES string of the molecule is Cc1ccc(S[C@H]2O[C@H](CO[C@H]3O[C@H](COC(=O)c4ccccc4)[C@@H](OC(=O)c4ccccc4)[C@@H]3OC(=O)c3ccccc3)[C@@H](OC(=O)c3ccccc3)[C@@H]2OC(=O)c2ccccc2)cc1. The van der Waals surface area contributed by atoms with Crippen LogP contribution < -0.4 is 0 Å². The van der Waals surface area contributed by atoms with Crippen molar-refractivity contribution in [1.29, 1.82) is 0 Å². The number of esters is 5. The van der Waals surface area contributed by atoms with Crippen LogP contribution in [0, 0.1) is 6.92 Å². The maximum absolute atomic E-state index is 13.8. The minimum atomic E-state index is -1.48. The third kappa shape index (κ3) is 11.4. The molecular weight excluding hydrogens is 865 g/mol. The van der Waals surface area contributed by atoms with Gasteiger partial charge in [0.15, 0.2) is 30.7 Å². The van der Waals surface area contributed by atoms with E-state index in [1.807, 2.05) is 31.2 Å². The predicted molar refractivity (Wildman–Crippen MR) is 240 cm³/mol. The molecule has 0 N–H and O–H groups in total. The molecule has 0 unspecified atom stereocenters. The second-order valence-electron chi connectivity index (χ2n) is 15.3. The van der Waals surface area contributed by atoms with Gasteiger partial charge in [-0.3, -0.25) is 0 Å². The van der Waals surface area contributed by atoms with Gasteiger partial charge in [0.05, 0.1) is 34.4 Å². The Balaban J connectivity index is 1.11. The van der Waals surface area contributed by atoms with Gasteiger partial charge in [0.25, 0.3) is 0 Å². The molecule has 0 saturated carbocycles. The van der Waals surface area contributed by atoms with Gasteiger partial charge in [-0.2, -0.15) is 0 Å². The minimum Gasteiger partial charge on any atom is -0.459 e. The van der Waals surface area contributed by atoms with E-state index in [4.69, 9.17) is 37.9 Å². The Bertz CT molecular complexity index is 2560. The van der Waals surface area contributed by atoms with Crippen LogP contribution in [0.5, 0.6) is 0 Å². The highest BCUT2D eigenvalue weighted by Gasteiger charge is 2.54. The minimum absolute atomic E-state index is 0.189. The van der Waals surface area contributed by atoms with E-state index in [-0.39, 0.29) is 27.8 Å². The molecule has 6 aromatic rings. The lowest BCUT2D eigenvalue weighted by Gasteiger charge is -2.26. The van der Waals surface area contributed by atoms with E-state index in [2.05, 4.69) is 0 Å². The monoisotopic (exact) mass is 908 g/mol. The van der Waals surface area contributed by atoms with Gasteiger partial charge < -0.3 is 37.9 Å². The lowest BCUT2D eigenvalue weighted by molar-refractivity contribution is -0.188. The molecule has 0 aliphatic carbocycles. The normalized spacial score (nSPS) is 22.1. The summed E-state index contributed by atoms with van der Waals surface area (Å²) in [4.78, 5) is 69.0. The first-order valence-electron chi connectivity index (χ1n) is 21.1. The number of hydrogen-bond acceptors (Lipinski definition) is 14. The molecule has 8 atom stereocenters. The fourth-order valence-corrected chi connectivity index (χ4v) is 8.34. The zero-order chi connectivity index (χ0) is 45.8. The Morgan fingerprint density at radius 2 is 0.788 bits per heavy atom.